The molecule has 0 aliphatic heterocycles. The summed E-state index contributed by atoms with van der Waals surface area (Å²) in [5.41, 5.74) is 5.10. The summed E-state index contributed by atoms with van der Waals surface area (Å²) in [6, 6.07) is 11.4. The molecule has 28 heavy (non-hydrogen) atoms. The second-order valence-corrected chi connectivity index (χ2v) is 6.74. The van der Waals surface area contributed by atoms with Crippen LogP contribution in [0.5, 0.6) is 0 Å². The normalized spacial score (nSPS) is 13.7. The zero-order valence-corrected chi connectivity index (χ0v) is 15.6. The lowest BCUT2D eigenvalue weighted by Gasteiger charge is -2.07. The zero-order chi connectivity index (χ0) is 20.3. The summed E-state index contributed by atoms with van der Waals surface area (Å²) < 4.78 is 0. The highest BCUT2D eigenvalue weighted by Crippen LogP contribution is 2.30. The molecule has 0 unspecified atom stereocenters. The van der Waals surface area contributed by atoms with Gasteiger partial charge in [-0.1, -0.05) is 12.1 Å². The van der Waals surface area contributed by atoms with Gasteiger partial charge in [-0.15, -0.1) is 0 Å². The molecule has 0 heterocycles. The Balaban J connectivity index is 1.68. The number of benzene rings is 2. The van der Waals surface area contributed by atoms with Crippen molar-refractivity contribution in [3.8, 4) is 0 Å². The van der Waals surface area contributed by atoms with Gasteiger partial charge in [-0.2, -0.15) is 5.10 Å². The number of nitrogens with one attached hydrogen (secondary N) is 2. The van der Waals surface area contributed by atoms with Crippen molar-refractivity contribution in [2.75, 3.05) is 5.32 Å². The highest BCUT2D eigenvalue weighted by atomic mass is 16.6. The van der Waals surface area contributed by atoms with Gasteiger partial charge in [-0.3, -0.25) is 19.7 Å². The van der Waals surface area contributed by atoms with Crippen molar-refractivity contribution < 1.29 is 14.5 Å². The summed E-state index contributed by atoms with van der Waals surface area (Å²) in [6.45, 7) is 3.31. The molecule has 1 fully saturated rings. The van der Waals surface area contributed by atoms with Crippen molar-refractivity contribution in [3.63, 3.8) is 0 Å². The number of hydrogen-bond acceptors (Lipinski definition) is 5. The van der Waals surface area contributed by atoms with Crippen LogP contribution >= 0.6 is 0 Å². The van der Waals surface area contributed by atoms with Crippen molar-refractivity contribution in [1.29, 1.82) is 0 Å². The van der Waals surface area contributed by atoms with E-state index in [0.29, 0.717) is 17.0 Å². The van der Waals surface area contributed by atoms with Gasteiger partial charge in [0.05, 0.1) is 10.6 Å². The quantitative estimate of drug-likeness (QED) is 0.454. The number of carbonyl (C=O) groups is 2. The molecule has 8 nitrogen and oxygen atoms in total. The zero-order valence-electron chi connectivity index (χ0n) is 15.6. The van der Waals surface area contributed by atoms with Crippen molar-refractivity contribution in [2.24, 2.45) is 11.0 Å². The van der Waals surface area contributed by atoms with E-state index in [1.807, 2.05) is 6.07 Å². The minimum atomic E-state index is -0.492. The lowest BCUT2D eigenvalue weighted by Crippen LogP contribution is -2.19. The topological polar surface area (TPSA) is 114 Å². The summed E-state index contributed by atoms with van der Waals surface area (Å²) >= 11 is 0. The Bertz CT molecular complexity index is 980. The Morgan fingerprint density at radius 3 is 2.54 bits per heavy atom. The molecule has 1 aliphatic carbocycles. The van der Waals surface area contributed by atoms with Crippen LogP contribution in [0.25, 0.3) is 0 Å². The van der Waals surface area contributed by atoms with Gasteiger partial charge in [0.2, 0.25) is 5.91 Å². The van der Waals surface area contributed by atoms with Gasteiger partial charge in [-0.05, 0) is 56.5 Å². The number of nitro groups is 1. The fraction of sp³-hybridized carbons (Fsp3) is 0.250. The molecular weight excluding hydrogens is 360 g/mol. The summed E-state index contributed by atoms with van der Waals surface area (Å²) in [7, 11) is 0. The second kappa shape index (κ2) is 7.99. The molecule has 2 N–H and O–H groups in total. The summed E-state index contributed by atoms with van der Waals surface area (Å²) in [5.74, 6) is -0.327. The molecule has 144 valence electrons. The number of aryl methyl sites for hydroxylation is 1. The molecule has 2 amide bonds. The van der Waals surface area contributed by atoms with Crippen LogP contribution < -0.4 is 10.7 Å². The largest absolute Gasteiger partial charge is 0.326 e. The summed E-state index contributed by atoms with van der Waals surface area (Å²) in [4.78, 5) is 34.5. The van der Waals surface area contributed by atoms with E-state index in [-0.39, 0.29) is 23.1 Å². The van der Waals surface area contributed by atoms with Crippen LogP contribution in [0.4, 0.5) is 11.4 Å². The van der Waals surface area contributed by atoms with Gasteiger partial charge in [0.15, 0.2) is 0 Å². The van der Waals surface area contributed by atoms with Crippen LogP contribution in [-0.2, 0) is 4.79 Å². The maximum Gasteiger partial charge on any atom is 0.272 e. The van der Waals surface area contributed by atoms with E-state index in [2.05, 4.69) is 15.8 Å². The maximum absolute atomic E-state index is 12.3. The van der Waals surface area contributed by atoms with Crippen LogP contribution in [0.2, 0.25) is 0 Å². The minimum absolute atomic E-state index is 0.0218. The molecule has 2 aromatic rings. The third-order valence-corrected chi connectivity index (χ3v) is 4.48. The number of rotatable bonds is 6. The molecular formula is C20H20N4O4. The Labute approximate surface area is 161 Å². The molecule has 1 saturated carbocycles. The van der Waals surface area contributed by atoms with E-state index >= 15 is 0 Å². The van der Waals surface area contributed by atoms with E-state index < -0.39 is 10.8 Å². The lowest BCUT2D eigenvalue weighted by molar-refractivity contribution is -0.385. The SMILES string of the molecule is C/C(=N/NC(=O)c1ccc([N+](=O)[O-])c(C)c1)c1cccc(NC(=O)C2CC2)c1. The second-order valence-electron chi connectivity index (χ2n) is 6.74. The third-order valence-electron chi connectivity index (χ3n) is 4.48. The van der Waals surface area contributed by atoms with Crippen molar-refractivity contribution in [3.05, 3.63) is 69.3 Å². The average molecular weight is 380 g/mol. The van der Waals surface area contributed by atoms with Gasteiger partial charge in [0.25, 0.3) is 11.6 Å². The predicted molar refractivity (Wildman–Crippen MR) is 105 cm³/mol. The first kappa shape index (κ1) is 19.2. The van der Waals surface area contributed by atoms with Gasteiger partial charge >= 0.3 is 0 Å². The van der Waals surface area contributed by atoms with Crippen LogP contribution in [-0.4, -0.2) is 22.4 Å². The van der Waals surface area contributed by atoms with Crippen molar-refractivity contribution >= 4 is 28.9 Å². The summed E-state index contributed by atoms with van der Waals surface area (Å²) in [6.07, 6.45) is 1.86. The fourth-order valence-electron chi connectivity index (χ4n) is 2.68. The predicted octanol–water partition coefficient (Wildman–Crippen LogP) is 3.41. The van der Waals surface area contributed by atoms with Crippen LogP contribution in [0, 0.1) is 23.0 Å². The smallest absolute Gasteiger partial charge is 0.272 e. The van der Waals surface area contributed by atoms with Gasteiger partial charge in [0.1, 0.15) is 0 Å². The number of nitrogens with zero attached hydrogens (tertiary/aromatic N) is 2. The number of hydrazone groups is 1. The van der Waals surface area contributed by atoms with Gasteiger partial charge in [0, 0.05) is 28.8 Å². The number of carbonyl (C=O) groups excluding carboxylic acids is 2. The number of hydrogen-bond donors (Lipinski definition) is 2. The van der Waals surface area contributed by atoms with Crippen LogP contribution in [0.3, 0.4) is 0 Å². The molecule has 8 heteroatoms. The van der Waals surface area contributed by atoms with Crippen LogP contribution in [0.1, 0.15) is 41.3 Å². The maximum atomic E-state index is 12.3. The molecule has 0 bridgehead atoms. The molecule has 1 aliphatic rings. The Morgan fingerprint density at radius 2 is 1.89 bits per heavy atom. The number of nitro benzene ring substituents is 1. The van der Waals surface area contributed by atoms with E-state index in [9.17, 15) is 19.7 Å². The van der Waals surface area contributed by atoms with E-state index in [0.717, 1.165) is 18.4 Å². The van der Waals surface area contributed by atoms with E-state index in [1.165, 1.54) is 18.2 Å². The molecule has 0 saturated heterocycles. The summed E-state index contributed by atoms with van der Waals surface area (Å²) in [5, 5.41) is 17.8. The van der Waals surface area contributed by atoms with Crippen molar-refractivity contribution in [1.82, 2.24) is 5.43 Å². The third kappa shape index (κ3) is 4.59. The van der Waals surface area contributed by atoms with E-state index in [4.69, 9.17) is 0 Å². The first-order valence-electron chi connectivity index (χ1n) is 8.86. The van der Waals surface area contributed by atoms with Gasteiger partial charge in [-0.25, -0.2) is 5.43 Å². The van der Waals surface area contributed by atoms with Crippen LogP contribution in [0.15, 0.2) is 47.6 Å². The minimum Gasteiger partial charge on any atom is -0.326 e. The Kier molecular flexibility index (Phi) is 5.49. The molecule has 0 radical (unpaired) electrons. The average Bonchev–Trinajstić information content (AvgIpc) is 3.51. The fourth-order valence-corrected chi connectivity index (χ4v) is 2.68. The number of anilines is 1. The van der Waals surface area contributed by atoms with Gasteiger partial charge < -0.3 is 5.32 Å². The first-order valence-corrected chi connectivity index (χ1v) is 8.86. The highest BCUT2D eigenvalue weighted by Gasteiger charge is 2.29. The Morgan fingerprint density at radius 1 is 1.14 bits per heavy atom. The molecule has 2 aromatic carbocycles. The molecule has 0 atom stereocenters. The molecule has 0 aromatic heterocycles. The molecule has 3 rings (SSSR count). The number of amides is 2. The standard InChI is InChI=1S/C20H20N4O4/c1-12-10-16(8-9-18(12)24(27)28)20(26)23-22-13(2)15-4-3-5-17(11-15)21-19(25)14-6-7-14/h3-5,8-11,14H,6-7H2,1-2H3,(H,21,25)(H,23,26)/b22-13-. The molecule has 0 spiro atoms. The lowest BCUT2D eigenvalue weighted by atomic mass is 10.1. The van der Waals surface area contributed by atoms with E-state index in [1.54, 1.807) is 32.0 Å². The monoisotopic (exact) mass is 380 g/mol. The van der Waals surface area contributed by atoms with Crippen molar-refractivity contribution in [2.45, 2.75) is 26.7 Å². The highest BCUT2D eigenvalue weighted by molar-refractivity contribution is 6.02. The Hall–Kier alpha value is -3.55. The first-order chi connectivity index (χ1) is 13.3.